The van der Waals surface area contributed by atoms with Gasteiger partial charge >= 0.3 is 12.1 Å². The molecule has 0 spiro atoms. The number of carbonyl (C=O) groups excluding carboxylic acids is 1. The molecule has 1 fully saturated rings. The summed E-state index contributed by atoms with van der Waals surface area (Å²) in [5.74, 6) is -2.34. The topological polar surface area (TPSA) is 130 Å². The van der Waals surface area contributed by atoms with Crippen molar-refractivity contribution >= 4 is 68.0 Å². The Hall–Kier alpha value is -2.48. The van der Waals surface area contributed by atoms with E-state index in [4.69, 9.17) is 27.2 Å². The zero-order valence-electron chi connectivity index (χ0n) is 16.9. The fourth-order valence-electron chi connectivity index (χ4n) is 3.14. The van der Waals surface area contributed by atoms with Crippen molar-refractivity contribution in [2.24, 2.45) is 5.73 Å². The van der Waals surface area contributed by atoms with Crippen molar-refractivity contribution in [3.8, 4) is 0 Å². The van der Waals surface area contributed by atoms with Gasteiger partial charge in [0, 0.05) is 17.5 Å². The molecule has 3 aromatic heterocycles. The number of thiophene rings is 2. The number of nitrogens with two attached hydrogens (primary N) is 1. The number of hydrogen-bond donors (Lipinski definition) is 4. The third-order valence-corrected chi connectivity index (χ3v) is 6.83. The lowest BCUT2D eigenvalue weighted by Gasteiger charge is -2.29. The summed E-state index contributed by atoms with van der Waals surface area (Å²) < 4.78 is 32.3. The molecule has 1 saturated carbocycles. The molecule has 0 radical (unpaired) electrons. The van der Waals surface area contributed by atoms with Gasteiger partial charge in [-0.2, -0.15) is 13.2 Å². The number of halogens is 4. The summed E-state index contributed by atoms with van der Waals surface area (Å²) in [7, 11) is 0. The summed E-state index contributed by atoms with van der Waals surface area (Å²) in [4.78, 5) is 31.3. The highest BCUT2D eigenvalue weighted by Crippen LogP contribution is 2.30. The molecule has 1 amide bonds. The smallest absolute Gasteiger partial charge is 0.475 e. The van der Waals surface area contributed by atoms with Crippen LogP contribution < -0.4 is 16.4 Å². The molecule has 4 rings (SSSR count). The first kappa shape index (κ1) is 25.1. The maximum absolute atomic E-state index is 12.6. The Morgan fingerprint density at radius 1 is 1.24 bits per heavy atom. The van der Waals surface area contributed by atoms with Crippen molar-refractivity contribution < 1.29 is 27.9 Å². The number of hydrogen-bond acceptors (Lipinski definition) is 8. The summed E-state index contributed by atoms with van der Waals surface area (Å²) in [6, 6.07) is 2.09. The van der Waals surface area contributed by atoms with Crippen LogP contribution in [0.5, 0.6) is 0 Å². The third-order valence-electron chi connectivity index (χ3n) is 4.79. The fourth-order valence-corrected chi connectivity index (χ4v) is 4.80. The number of nitrogens with one attached hydrogen (secondary N) is 2. The van der Waals surface area contributed by atoms with Crippen molar-refractivity contribution in [3.05, 3.63) is 32.9 Å². The quantitative estimate of drug-likeness (QED) is 0.381. The van der Waals surface area contributed by atoms with Crippen molar-refractivity contribution in [1.82, 2.24) is 9.97 Å². The molecule has 33 heavy (non-hydrogen) atoms. The summed E-state index contributed by atoms with van der Waals surface area (Å²) in [6.07, 6.45) is 0.992. The lowest BCUT2D eigenvalue weighted by Crippen LogP contribution is -2.42. The van der Waals surface area contributed by atoms with Gasteiger partial charge in [-0.1, -0.05) is 24.4 Å². The summed E-state index contributed by atoms with van der Waals surface area (Å²) >= 11 is 8.84. The molecule has 1 aliphatic rings. The molecule has 14 heteroatoms. The van der Waals surface area contributed by atoms with E-state index in [2.05, 4.69) is 20.6 Å². The van der Waals surface area contributed by atoms with Crippen molar-refractivity contribution in [3.63, 3.8) is 0 Å². The minimum Gasteiger partial charge on any atom is -0.475 e. The van der Waals surface area contributed by atoms with Gasteiger partial charge in [-0.05, 0) is 24.3 Å². The van der Waals surface area contributed by atoms with Gasteiger partial charge in [0.05, 0.1) is 17.4 Å². The van der Waals surface area contributed by atoms with Gasteiger partial charge in [0.15, 0.2) is 0 Å². The second kappa shape index (κ2) is 10.6. The number of nitrogens with zero attached hydrogens (tertiary/aromatic N) is 2. The maximum Gasteiger partial charge on any atom is 0.490 e. The van der Waals surface area contributed by atoms with Crippen LogP contribution in [-0.4, -0.2) is 45.2 Å². The highest BCUT2D eigenvalue weighted by molar-refractivity contribution is 7.17. The number of rotatable bonds is 4. The standard InChI is InChI=1S/C17H18ClN5OS2.C2HF3O2/c18-15-12(5-6-25-15)22-16(24)9-8-26-17-14(9)23-13(7-20-17)21-11-4-2-1-3-10(11)19;3-2(4,5)1(6)7/h5-8,10-11H,1-4,19H2,(H,21,23)(H,22,24);(H,6,7)/t10-,11+;/m0./s1. The van der Waals surface area contributed by atoms with E-state index in [9.17, 15) is 18.0 Å². The second-order valence-electron chi connectivity index (χ2n) is 7.12. The van der Waals surface area contributed by atoms with E-state index < -0.39 is 12.1 Å². The number of fused-ring (bicyclic) bond motifs is 1. The summed E-state index contributed by atoms with van der Waals surface area (Å²) in [5.41, 5.74) is 7.90. The number of alkyl halides is 3. The number of carboxylic acid groups (broad SMARTS) is 1. The Labute approximate surface area is 199 Å². The molecule has 2 atom stereocenters. The maximum atomic E-state index is 12.6. The van der Waals surface area contributed by atoms with E-state index in [-0.39, 0.29) is 18.0 Å². The van der Waals surface area contributed by atoms with Crippen LogP contribution in [-0.2, 0) is 4.79 Å². The predicted octanol–water partition coefficient (Wildman–Crippen LogP) is 4.97. The van der Waals surface area contributed by atoms with Crippen LogP contribution in [0, 0.1) is 0 Å². The Bertz CT molecular complexity index is 1140. The second-order valence-corrected chi connectivity index (χ2v) is 9.50. The van der Waals surface area contributed by atoms with Gasteiger partial charge < -0.3 is 21.5 Å². The molecule has 0 unspecified atom stereocenters. The SMILES string of the molecule is N[C@H]1CCCC[C@H]1Nc1cnc2scc(C(=O)Nc3ccsc3Cl)c2n1.O=C(O)C(F)(F)F. The highest BCUT2D eigenvalue weighted by atomic mass is 35.5. The average molecular weight is 522 g/mol. The number of aliphatic carboxylic acids is 1. The lowest BCUT2D eigenvalue weighted by atomic mass is 9.91. The first-order chi connectivity index (χ1) is 15.6. The van der Waals surface area contributed by atoms with Crippen LogP contribution in [0.3, 0.4) is 0 Å². The Balaban J connectivity index is 0.000000383. The first-order valence-corrected chi connectivity index (χ1v) is 11.8. The van der Waals surface area contributed by atoms with Gasteiger partial charge in [-0.3, -0.25) is 4.79 Å². The van der Waals surface area contributed by atoms with E-state index in [1.165, 1.54) is 29.1 Å². The Kier molecular flexibility index (Phi) is 8.10. The minimum absolute atomic E-state index is 0.118. The molecule has 178 valence electrons. The van der Waals surface area contributed by atoms with E-state index >= 15 is 0 Å². The summed E-state index contributed by atoms with van der Waals surface area (Å²) in [6.45, 7) is 0. The molecule has 0 aliphatic heterocycles. The number of carbonyl (C=O) groups is 2. The van der Waals surface area contributed by atoms with Crippen molar-refractivity contribution in [1.29, 1.82) is 0 Å². The van der Waals surface area contributed by atoms with Crippen LogP contribution >= 0.6 is 34.3 Å². The van der Waals surface area contributed by atoms with Gasteiger partial charge in [0.1, 0.15) is 20.5 Å². The molecule has 3 aromatic rings. The molecule has 5 N–H and O–H groups in total. The molecule has 1 aliphatic carbocycles. The van der Waals surface area contributed by atoms with Crippen molar-refractivity contribution in [2.75, 3.05) is 10.6 Å². The number of anilines is 2. The number of aromatic nitrogens is 2. The van der Waals surface area contributed by atoms with Crippen LogP contribution in [0.25, 0.3) is 10.3 Å². The first-order valence-electron chi connectivity index (χ1n) is 9.67. The average Bonchev–Trinajstić information content (AvgIpc) is 3.35. The Morgan fingerprint density at radius 3 is 2.55 bits per heavy atom. The molecule has 3 heterocycles. The van der Waals surface area contributed by atoms with E-state index in [1.807, 2.05) is 5.38 Å². The van der Waals surface area contributed by atoms with Crippen molar-refractivity contribution in [2.45, 2.75) is 43.9 Å². The minimum atomic E-state index is -5.08. The number of amides is 1. The monoisotopic (exact) mass is 521 g/mol. The van der Waals surface area contributed by atoms with E-state index in [0.29, 0.717) is 26.9 Å². The molecular weight excluding hydrogens is 503 g/mol. The zero-order chi connectivity index (χ0) is 24.2. The molecule has 8 nitrogen and oxygen atoms in total. The predicted molar refractivity (Wildman–Crippen MR) is 122 cm³/mol. The summed E-state index contributed by atoms with van der Waals surface area (Å²) in [5, 5.41) is 17.0. The van der Waals surface area contributed by atoms with Gasteiger partial charge in [-0.25, -0.2) is 14.8 Å². The van der Waals surface area contributed by atoms with Gasteiger partial charge in [-0.15, -0.1) is 22.7 Å². The molecule has 0 bridgehead atoms. The lowest BCUT2D eigenvalue weighted by molar-refractivity contribution is -0.192. The van der Waals surface area contributed by atoms with Crippen LogP contribution in [0.2, 0.25) is 4.34 Å². The molecular formula is C19H19ClF3N5O3S2. The van der Waals surface area contributed by atoms with E-state index in [0.717, 1.165) is 24.1 Å². The normalized spacial score (nSPS) is 18.3. The van der Waals surface area contributed by atoms with Crippen LogP contribution in [0.1, 0.15) is 36.0 Å². The van der Waals surface area contributed by atoms with Gasteiger partial charge in [0.25, 0.3) is 5.91 Å². The largest absolute Gasteiger partial charge is 0.490 e. The van der Waals surface area contributed by atoms with Crippen LogP contribution in [0.4, 0.5) is 24.7 Å². The zero-order valence-corrected chi connectivity index (χ0v) is 19.2. The number of carboxylic acids is 1. The molecule has 0 aromatic carbocycles. The van der Waals surface area contributed by atoms with E-state index in [1.54, 1.807) is 17.6 Å². The third kappa shape index (κ3) is 6.53. The highest BCUT2D eigenvalue weighted by Gasteiger charge is 2.38. The van der Waals surface area contributed by atoms with Gasteiger partial charge in [0.2, 0.25) is 0 Å². The fraction of sp³-hybridized carbons (Fsp3) is 0.368. The Morgan fingerprint density at radius 2 is 1.94 bits per heavy atom. The molecule has 0 saturated heterocycles. The van der Waals surface area contributed by atoms with Crippen LogP contribution in [0.15, 0.2) is 23.0 Å².